The highest BCUT2D eigenvalue weighted by atomic mass is 16.5. The third-order valence-electron chi connectivity index (χ3n) is 3.57. The van der Waals surface area contributed by atoms with Crippen molar-refractivity contribution in [1.29, 1.82) is 0 Å². The summed E-state index contributed by atoms with van der Waals surface area (Å²) in [7, 11) is 0. The van der Waals surface area contributed by atoms with E-state index in [0.717, 1.165) is 23.1 Å². The summed E-state index contributed by atoms with van der Waals surface area (Å²) in [5.41, 5.74) is 1.94. The summed E-state index contributed by atoms with van der Waals surface area (Å²) < 4.78 is 7.77. The van der Waals surface area contributed by atoms with Crippen LogP contribution in [0, 0.1) is 0 Å². The Morgan fingerprint density at radius 3 is 2.52 bits per heavy atom. The van der Waals surface area contributed by atoms with Crippen molar-refractivity contribution in [3.05, 3.63) is 54.2 Å². The molecule has 0 saturated heterocycles. The van der Waals surface area contributed by atoms with Gasteiger partial charge in [0.2, 0.25) is 0 Å². The number of phenols is 2. The molecule has 3 aromatic rings. The third-order valence-corrected chi connectivity index (χ3v) is 3.57. The van der Waals surface area contributed by atoms with Gasteiger partial charge in [0.1, 0.15) is 12.4 Å². The largest absolute Gasteiger partial charge is 0.507 e. The monoisotopic (exact) mass is 283 g/mol. The average Bonchev–Trinajstić information content (AvgIpc) is 2.85. The molecule has 4 nitrogen and oxygen atoms in total. The zero-order chi connectivity index (χ0) is 14.8. The van der Waals surface area contributed by atoms with Crippen LogP contribution in [0.15, 0.2) is 48.5 Å². The van der Waals surface area contributed by atoms with Crippen molar-refractivity contribution in [3.63, 3.8) is 0 Å². The number of hydrogen-bond donors (Lipinski definition) is 2. The second kappa shape index (κ2) is 5.40. The summed E-state index contributed by atoms with van der Waals surface area (Å²) in [6, 6.07) is 14.3. The van der Waals surface area contributed by atoms with Gasteiger partial charge in [-0.1, -0.05) is 18.2 Å². The topological polar surface area (TPSA) is 54.6 Å². The van der Waals surface area contributed by atoms with Gasteiger partial charge in [0.15, 0.2) is 11.5 Å². The first-order valence-electron chi connectivity index (χ1n) is 6.91. The minimum Gasteiger partial charge on any atom is -0.507 e. The Morgan fingerprint density at radius 1 is 1.00 bits per heavy atom. The summed E-state index contributed by atoms with van der Waals surface area (Å²) in [5, 5.41) is 20.5. The lowest BCUT2D eigenvalue weighted by atomic mass is 10.2. The van der Waals surface area contributed by atoms with Gasteiger partial charge in [-0.05, 0) is 37.3 Å². The molecule has 0 radical (unpaired) electrons. The Morgan fingerprint density at radius 2 is 1.76 bits per heavy atom. The molecule has 0 unspecified atom stereocenters. The minimum atomic E-state index is 0.125. The van der Waals surface area contributed by atoms with E-state index in [4.69, 9.17) is 4.74 Å². The fourth-order valence-electron chi connectivity index (χ4n) is 2.55. The van der Waals surface area contributed by atoms with Crippen molar-refractivity contribution in [2.45, 2.75) is 20.1 Å². The first-order chi connectivity index (χ1) is 10.2. The molecule has 0 fully saturated rings. The van der Waals surface area contributed by atoms with Crippen LogP contribution in [-0.2, 0) is 13.2 Å². The molecule has 21 heavy (non-hydrogen) atoms. The van der Waals surface area contributed by atoms with Crippen LogP contribution in [0.2, 0.25) is 0 Å². The molecule has 0 amide bonds. The van der Waals surface area contributed by atoms with Crippen LogP contribution in [0.1, 0.15) is 12.6 Å². The minimum absolute atomic E-state index is 0.125. The molecule has 0 bridgehead atoms. The van der Waals surface area contributed by atoms with Crippen molar-refractivity contribution in [1.82, 2.24) is 4.57 Å². The molecule has 2 aromatic carbocycles. The number of benzene rings is 2. The van der Waals surface area contributed by atoms with Gasteiger partial charge in [0, 0.05) is 11.9 Å². The van der Waals surface area contributed by atoms with Gasteiger partial charge in [-0.2, -0.15) is 0 Å². The zero-order valence-corrected chi connectivity index (χ0v) is 11.8. The number of nitrogens with zero attached hydrogens (tertiary/aromatic N) is 1. The lowest BCUT2D eigenvalue weighted by Gasteiger charge is -2.10. The molecule has 3 rings (SSSR count). The fourth-order valence-corrected chi connectivity index (χ4v) is 2.55. The molecule has 0 saturated carbocycles. The molecule has 0 atom stereocenters. The molecule has 0 aliphatic rings. The van der Waals surface area contributed by atoms with Crippen LogP contribution in [0.3, 0.4) is 0 Å². The van der Waals surface area contributed by atoms with Crippen LogP contribution in [0.4, 0.5) is 0 Å². The van der Waals surface area contributed by atoms with Gasteiger partial charge < -0.3 is 19.5 Å². The van der Waals surface area contributed by atoms with Crippen molar-refractivity contribution in [2.24, 2.45) is 0 Å². The number of hydrogen-bond acceptors (Lipinski definition) is 3. The smallest absolute Gasteiger partial charge is 0.161 e. The summed E-state index contributed by atoms with van der Waals surface area (Å²) in [6.45, 7) is 3.17. The molecule has 108 valence electrons. The van der Waals surface area contributed by atoms with Crippen molar-refractivity contribution >= 4 is 10.9 Å². The molecule has 0 aliphatic carbocycles. The van der Waals surface area contributed by atoms with Crippen LogP contribution >= 0.6 is 0 Å². The predicted octanol–water partition coefficient (Wildman–Crippen LogP) is 3.65. The first kappa shape index (κ1) is 13.4. The third kappa shape index (κ3) is 2.40. The maximum atomic E-state index is 9.94. The molecule has 0 aliphatic heterocycles. The van der Waals surface area contributed by atoms with E-state index in [2.05, 4.69) is 4.57 Å². The standard InChI is InChI=1S/C17H17NO3/c1-2-18-12(10-13-14(18)6-5-8-15(13)19)11-21-17-9-4-3-7-16(17)20/h3-10,19-20H,2,11H2,1H3. The summed E-state index contributed by atoms with van der Waals surface area (Å²) in [6.07, 6.45) is 0. The maximum Gasteiger partial charge on any atom is 0.161 e. The van der Waals surface area contributed by atoms with Gasteiger partial charge in [-0.15, -0.1) is 0 Å². The Labute approximate surface area is 122 Å². The van der Waals surface area contributed by atoms with Crippen molar-refractivity contribution in [2.75, 3.05) is 0 Å². The van der Waals surface area contributed by atoms with Gasteiger partial charge in [-0.25, -0.2) is 0 Å². The second-order valence-electron chi connectivity index (χ2n) is 4.85. The number of para-hydroxylation sites is 2. The molecule has 4 heteroatoms. The second-order valence-corrected chi connectivity index (χ2v) is 4.85. The van der Waals surface area contributed by atoms with E-state index in [-0.39, 0.29) is 11.5 Å². The molecule has 0 spiro atoms. The molecular formula is C17H17NO3. The van der Waals surface area contributed by atoms with Crippen molar-refractivity contribution < 1.29 is 14.9 Å². The van der Waals surface area contributed by atoms with Crippen LogP contribution in [0.5, 0.6) is 17.2 Å². The molecule has 2 N–H and O–H groups in total. The quantitative estimate of drug-likeness (QED) is 0.768. The van der Waals surface area contributed by atoms with E-state index in [1.54, 1.807) is 24.3 Å². The Balaban J connectivity index is 1.94. The van der Waals surface area contributed by atoms with E-state index >= 15 is 0 Å². The van der Waals surface area contributed by atoms with Gasteiger partial charge >= 0.3 is 0 Å². The van der Waals surface area contributed by atoms with Gasteiger partial charge in [0.25, 0.3) is 0 Å². The van der Waals surface area contributed by atoms with Gasteiger partial charge in [0.05, 0.1) is 11.2 Å². The lowest BCUT2D eigenvalue weighted by molar-refractivity contribution is 0.280. The molecule has 1 heterocycles. The Bertz CT molecular complexity index is 777. The summed E-state index contributed by atoms with van der Waals surface area (Å²) in [4.78, 5) is 0. The highest BCUT2D eigenvalue weighted by Gasteiger charge is 2.11. The van der Waals surface area contributed by atoms with Crippen LogP contribution in [0.25, 0.3) is 10.9 Å². The number of ether oxygens (including phenoxy) is 1. The number of phenolic OH excluding ortho intramolecular Hbond substituents is 2. The van der Waals surface area contributed by atoms with E-state index in [0.29, 0.717) is 12.4 Å². The van der Waals surface area contributed by atoms with E-state index in [1.807, 2.05) is 31.2 Å². The zero-order valence-electron chi connectivity index (χ0n) is 11.8. The predicted molar refractivity (Wildman–Crippen MR) is 81.7 cm³/mol. The Hall–Kier alpha value is -2.62. The highest BCUT2D eigenvalue weighted by molar-refractivity contribution is 5.87. The number of fused-ring (bicyclic) bond motifs is 1. The average molecular weight is 283 g/mol. The first-order valence-corrected chi connectivity index (χ1v) is 6.91. The normalized spacial score (nSPS) is 10.9. The van der Waals surface area contributed by atoms with Crippen molar-refractivity contribution in [3.8, 4) is 17.2 Å². The molecule has 1 aromatic heterocycles. The number of aromatic nitrogens is 1. The fraction of sp³-hybridized carbons (Fsp3) is 0.176. The van der Waals surface area contributed by atoms with E-state index in [1.165, 1.54) is 0 Å². The van der Waals surface area contributed by atoms with Crippen LogP contribution < -0.4 is 4.74 Å². The Kier molecular flexibility index (Phi) is 3.44. The maximum absolute atomic E-state index is 9.94. The van der Waals surface area contributed by atoms with E-state index in [9.17, 15) is 10.2 Å². The van der Waals surface area contributed by atoms with Crippen LogP contribution in [-0.4, -0.2) is 14.8 Å². The number of aryl methyl sites for hydroxylation is 1. The SMILES string of the molecule is CCn1c(COc2ccccc2O)cc2c(O)cccc21. The summed E-state index contributed by atoms with van der Waals surface area (Å²) >= 11 is 0. The number of aromatic hydroxyl groups is 2. The van der Waals surface area contributed by atoms with Gasteiger partial charge in [-0.3, -0.25) is 0 Å². The summed E-state index contributed by atoms with van der Waals surface area (Å²) in [5.74, 6) is 0.845. The highest BCUT2D eigenvalue weighted by Crippen LogP contribution is 2.30. The number of rotatable bonds is 4. The van der Waals surface area contributed by atoms with E-state index < -0.39 is 0 Å². The lowest BCUT2D eigenvalue weighted by Crippen LogP contribution is -2.04. The molecular weight excluding hydrogens is 266 g/mol.